The van der Waals surface area contributed by atoms with Crippen molar-refractivity contribution in [2.24, 2.45) is 0 Å². The van der Waals surface area contributed by atoms with Crippen LogP contribution in [-0.4, -0.2) is 42.6 Å². The van der Waals surface area contributed by atoms with Gasteiger partial charge in [0.05, 0.1) is 6.61 Å². The van der Waals surface area contributed by atoms with Crippen molar-refractivity contribution in [1.29, 1.82) is 0 Å². The molecule has 1 aromatic rings. The van der Waals surface area contributed by atoms with E-state index in [1.54, 1.807) is 14.0 Å². The van der Waals surface area contributed by atoms with E-state index in [9.17, 15) is 9.59 Å². The first-order chi connectivity index (χ1) is 8.58. The molecule has 2 rings (SSSR count). The lowest BCUT2D eigenvalue weighted by Gasteiger charge is -2.22. The van der Waals surface area contributed by atoms with Crippen molar-refractivity contribution in [3.63, 3.8) is 0 Å². The fourth-order valence-electron chi connectivity index (χ4n) is 2.05. The van der Waals surface area contributed by atoms with Crippen molar-refractivity contribution < 1.29 is 14.2 Å². The van der Waals surface area contributed by atoms with Gasteiger partial charge in [-0.3, -0.25) is 14.3 Å². The van der Waals surface area contributed by atoms with Crippen LogP contribution in [-0.2, 0) is 14.2 Å². The summed E-state index contributed by atoms with van der Waals surface area (Å²) in [5.41, 5.74) is -0.477. The van der Waals surface area contributed by atoms with Gasteiger partial charge in [0.15, 0.2) is 6.23 Å². The summed E-state index contributed by atoms with van der Waals surface area (Å²) in [6, 6.07) is 0. The molecule has 0 radical (unpaired) electrons. The number of rotatable bonds is 3. The maximum atomic E-state index is 11.8. The molecule has 0 bridgehead atoms. The van der Waals surface area contributed by atoms with Gasteiger partial charge < -0.3 is 14.2 Å². The lowest BCUT2D eigenvalue weighted by atomic mass is 10.2. The summed E-state index contributed by atoms with van der Waals surface area (Å²) in [6.45, 7) is 1.96. The van der Waals surface area contributed by atoms with Crippen molar-refractivity contribution in [1.82, 2.24) is 9.55 Å². The van der Waals surface area contributed by atoms with Gasteiger partial charge in [-0.15, -0.1) is 0 Å². The van der Waals surface area contributed by atoms with Gasteiger partial charge in [0.1, 0.15) is 12.2 Å². The lowest BCUT2D eigenvalue weighted by Crippen LogP contribution is -2.39. The van der Waals surface area contributed by atoms with Crippen LogP contribution in [0.4, 0.5) is 0 Å². The molecule has 0 spiro atoms. The summed E-state index contributed by atoms with van der Waals surface area (Å²) >= 11 is 0. The Hall–Kier alpha value is -1.44. The molecule has 2 heterocycles. The molecular formula is C11H16N2O5. The van der Waals surface area contributed by atoms with Crippen LogP contribution in [0.5, 0.6) is 0 Å². The van der Waals surface area contributed by atoms with E-state index in [1.807, 2.05) is 0 Å². The zero-order valence-corrected chi connectivity index (χ0v) is 10.5. The van der Waals surface area contributed by atoms with E-state index in [0.717, 1.165) is 0 Å². The number of H-pyrrole nitrogens is 1. The molecule has 1 N–H and O–H groups in total. The van der Waals surface area contributed by atoms with Crippen molar-refractivity contribution in [2.75, 3.05) is 20.8 Å². The van der Waals surface area contributed by atoms with E-state index in [0.29, 0.717) is 12.2 Å². The molecule has 0 aliphatic carbocycles. The summed E-state index contributed by atoms with van der Waals surface area (Å²) < 4.78 is 17.4. The molecule has 7 nitrogen and oxygen atoms in total. The summed E-state index contributed by atoms with van der Waals surface area (Å²) in [4.78, 5) is 25.3. The summed E-state index contributed by atoms with van der Waals surface area (Å²) in [7, 11) is 3.09. The summed E-state index contributed by atoms with van der Waals surface area (Å²) in [6.07, 6.45) is 0.246. The van der Waals surface area contributed by atoms with Gasteiger partial charge in [-0.2, -0.15) is 0 Å². The van der Waals surface area contributed by atoms with Crippen LogP contribution in [0.3, 0.4) is 0 Å². The highest BCUT2D eigenvalue weighted by atomic mass is 16.6. The average Bonchev–Trinajstić information content (AvgIpc) is 2.76. The second-order valence-electron chi connectivity index (χ2n) is 4.18. The minimum Gasteiger partial charge on any atom is -0.376 e. The number of nitrogens with one attached hydrogen (secondary N) is 1. The Balaban J connectivity index is 2.40. The van der Waals surface area contributed by atoms with E-state index in [1.165, 1.54) is 17.9 Å². The van der Waals surface area contributed by atoms with Gasteiger partial charge in [-0.05, 0) is 6.92 Å². The monoisotopic (exact) mass is 256 g/mol. The van der Waals surface area contributed by atoms with Crippen LogP contribution in [0.1, 0.15) is 11.8 Å². The molecule has 0 amide bonds. The molecule has 1 aliphatic heterocycles. The molecule has 1 aromatic heterocycles. The minimum absolute atomic E-state index is 0.237. The van der Waals surface area contributed by atoms with Gasteiger partial charge in [-0.25, -0.2) is 4.79 Å². The lowest BCUT2D eigenvalue weighted by molar-refractivity contribution is -0.0524. The number of hydrogen-bond donors (Lipinski definition) is 1. The molecule has 1 saturated heterocycles. The highest BCUT2D eigenvalue weighted by Crippen LogP contribution is 2.26. The number of aromatic amines is 1. The van der Waals surface area contributed by atoms with Crippen molar-refractivity contribution >= 4 is 0 Å². The largest absolute Gasteiger partial charge is 0.376 e. The zero-order chi connectivity index (χ0) is 13.3. The van der Waals surface area contributed by atoms with E-state index in [-0.39, 0.29) is 6.10 Å². The van der Waals surface area contributed by atoms with Gasteiger partial charge in [0.25, 0.3) is 5.56 Å². The van der Waals surface area contributed by atoms with Crippen LogP contribution in [0, 0.1) is 6.92 Å². The van der Waals surface area contributed by atoms with Crippen LogP contribution in [0.2, 0.25) is 0 Å². The number of aromatic nitrogens is 2. The number of methoxy groups -OCH3 is 2. The van der Waals surface area contributed by atoms with Crippen LogP contribution in [0.15, 0.2) is 15.8 Å². The molecule has 3 atom stereocenters. The Kier molecular flexibility index (Phi) is 3.65. The predicted octanol–water partition coefficient (Wildman–Crippen LogP) is -0.596. The fraction of sp³-hybridized carbons (Fsp3) is 0.636. The van der Waals surface area contributed by atoms with Crippen molar-refractivity contribution in [3.8, 4) is 0 Å². The molecule has 0 aromatic carbocycles. The summed E-state index contributed by atoms with van der Waals surface area (Å²) in [5.74, 6) is 0. The SMILES string of the molecule is CO[C@@H]1[C@H](OC)CO[C@@H]1n1cc(C)c(=O)[nH]c1=O. The second kappa shape index (κ2) is 5.05. The first-order valence-electron chi connectivity index (χ1n) is 5.57. The topological polar surface area (TPSA) is 82.6 Å². The normalized spacial score (nSPS) is 27.6. The zero-order valence-electron chi connectivity index (χ0n) is 10.5. The highest BCUT2D eigenvalue weighted by molar-refractivity contribution is 5.02. The molecule has 18 heavy (non-hydrogen) atoms. The highest BCUT2D eigenvalue weighted by Gasteiger charge is 2.39. The standard InChI is InChI=1S/C11H16N2O5/c1-6-4-13(11(15)12-9(6)14)10-8(17-3)7(16-2)5-18-10/h4,7-8,10H,5H2,1-3H3,(H,12,14,15)/t7-,8-,10+/m1/s1. The molecule has 0 unspecified atom stereocenters. The van der Waals surface area contributed by atoms with E-state index in [2.05, 4.69) is 4.98 Å². The summed E-state index contributed by atoms with van der Waals surface area (Å²) in [5, 5.41) is 0. The predicted molar refractivity (Wildman–Crippen MR) is 62.6 cm³/mol. The Morgan fingerprint density at radius 3 is 2.72 bits per heavy atom. The minimum atomic E-state index is -0.594. The Labute approximate surface area is 103 Å². The third-order valence-electron chi connectivity index (χ3n) is 3.07. The quantitative estimate of drug-likeness (QED) is 0.781. The van der Waals surface area contributed by atoms with Gasteiger partial charge in [-0.1, -0.05) is 0 Å². The number of ether oxygens (including phenoxy) is 3. The Morgan fingerprint density at radius 2 is 2.11 bits per heavy atom. The Morgan fingerprint density at radius 1 is 1.39 bits per heavy atom. The van der Waals surface area contributed by atoms with E-state index < -0.39 is 23.6 Å². The van der Waals surface area contributed by atoms with Crippen molar-refractivity contribution in [2.45, 2.75) is 25.4 Å². The van der Waals surface area contributed by atoms with Crippen LogP contribution < -0.4 is 11.2 Å². The first-order valence-corrected chi connectivity index (χ1v) is 5.57. The second-order valence-corrected chi connectivity index (χ2v) is 4.18. The average molecular weight is 256 g/mol. The van der Waals surface area contributed by atoms with Crippen LogP contribution in [0.25, 0.3) is 0 Å². The van der Waals surface area contributed by atoms with Crippen molar-refractivity contribution in [3.05, 3.63) is 32.6 Å². The first kappa shape index (κ1) is 13.0. The Bertz CT molecular complexity index is 535. The smallest absolute Gasteiger partial charge is 0.330 e. The molecule has 1 aliphatic rings. The molecule has 100 valence electrons. The maximum Gasteiger partial charge on any atom is 0.330 e. The van der Waals surface area contributed by atoms with Gasteiger partial charge >= 0.3 is 5.69 Å². The van der Waals surface area contributed by atoms with E-state index >= 15 is 0 Å². The maximum absolute atomic E-state index is 11.8. The molecule has 0 saturated carbocycles. The molecule has 7 heteroatoms. The molecule has 1 fully saturated rings. The van der Waals surface area contributed by atoms with E-state index in [4.69, 9.17) is 14.2 Å². The van der Waals surface area contributed by atoms with Gasteiger partial charge in [0.2, 0.25) is 0 Å². The van der Waals surface area contributed by atoms with Gasteiger partial charge in [0, 0.05) is 26.0 Å². The third kappa shape index (κ3) is 2.12. The number of nitrogens with zero attached hydrogens (tertiary/aromatic N) is 1. The fourth-order valence-corrected chi connectivity index (χ4v) is 2.05. The number of aryl methyl sites for hydroxylation is 1. The van der Waals surface area contributed by atoms with Crippen LogP contribution >= 0.6 is 0 Å². The third-order valence-corrected chi connectivity index (χ3v) is 3.07. The molecular weight excluding hydrogens is 240 g/mol. The number of hydrogen-bond acceptors (Lipinski definition) is 5.